The van der Waals surface area contributed by atoms with Crippen molar-refractivity contribution in [3.05, 3.63) is 69.6 Å². The van der Waals surface area contributed by atoms with Crippen molar-refractivity contribution in [2.45, 2.75) is 32.6 Å². The van der Waals surface area contributed by atoms with E-state index in [0.717, 1.165) is 29.7 Å². The Morgan fingerprint density at radius 1 is 0.927 bits per heavy atom. The molecule has 11 nitrogen and oxygen atoms in total. The number of anilines is 1. The summed E-state index contributed by atoms with van der Waals surface area (Å²) in [5.74, 6) is -2.35. The van der Waals surface area contributed by atoms with Crippen molar-refractivity contribution in [2.75, 3.05) is 26.1 Å². The molecule has 0 atom stereocenters. The number of rotatable bonds is 9. The predicted molar refractivity (Wildman–Crippen MR) is 152 cm³/mol. The molecule has 0 fully saturated rings. The number of carbonyl (C=O) groups is 4. The molecule has 1 heterocycles. The number of nitrogens with one attached hydrogen (secondary N) is 2. The topological polar surface area (TPSA) is 142 Å². The molecule has 0 aliphatic heterocycles. The van der Waals surface area contributed by atoms with Gasteiger partial charge in [-0.05, 0) is 74.1 Å². The molecule has 1 aliphatic rings. The number of fused-ring (bicyclic) bond motifs is 1. The molecule has 1 aromatic heterocycles. The molecule has 12 heteroatoms. The quantitative estimate of drug-likeness (QED) is 0.127. The molecular weight excluding hydrogens is 550 g/mol. The highest BCUT2D eigenvalue weighted by Crippen LogP contribution is 2.38. The van der Waals surface area contributed by atoms with Gasteiger partial charge < -0.3 is 24.3 Å². The van der Waals surface area contributed by atoms with Crippen molar-refractivity contribution in [3.8, 4) is 17.2 Å². The fourth-order valence-electron chi connectivity index (χ4n) is 4.27. The van der Waals surface area contributed by atoms with Gasteiger partial charge in [0.1, 0.15) is 16.3 Å². The second kappa shape index (κ2) is 13.6. The number of esters is 2. The molecule has 1 aliphatic carbocycles. The molecule has 41 heavy (non-hydrogen) atoms. The smallest absolute Gasteiger partial charge is 0.347 e. The Kier molecular flexibility index (Phi) is 9.69. The van der Waals surface area contributed by atoms with Gasteiger partial charge in [-0.3, -0.25) is 9.59 Å². The van der Waals surface area contributed by atoms with Gasteiger partial charge in [0.15, 0.2) is 11.5 Å². The van der Waals surface area contributed by atoms with Crippen molar-refractivity contribution >= 4 is 46.3 Å². The SMILES string of the molecule is CCOC(=O)c1c(NC(=O)C(=O)N/N=C/c2ccc(OC(=O)c3ccccc3OC)c(OC)c2)sc2c1CCCC2. The summed E-state index contributed by atoms with van der Waals surface area (Å²) in [6, 6.07) is 11.3. The van der Waals surface area contributed by atoms with Gasteiger partial charge >= 0.3 is 23.8 Å². The second-order valence-electron chi connectivity index (χ2n) is 8.79. The predicted octanol–water partition coefficient (Wildman–Crippen LogP) is 4.13. The number of nitrogens with zero attached hydrogens (tertiary/aromatic N) is 1. The highest BCUT2D eigenvalue weighted by Gasteiger charge is 2.28. The number of hydrogen-bond acceptors (Lipinski definition) is 10. The molecule has 0 spiro atoms. The van der Waals surface area contributed by atoms with Gasteiger partial charge in [-0.1, -0.05) is 12.1 Å². The summed E-state index contributed by atoms with van der Waals surface area (Å²) < 4.78 is 21.2. The Morgan fingerprint density at radius 3 is 2.44 bits per heavy atom. The third kappa shape index (κ3) is 6.90. The van der Waals surface area contributed by atoms with Gasteiger partial charge in [0.05, 0.1) is 32.6 Å². The molecule has 0 radical (unpaired) electrons. The largest absolute Gasteiger partial charge is 0.496 e. The van der Waals surface area contributed by atoms with Crippen molar-refractivity contribution in [2.24, 2.45) is 5.10 Å². The fraction of sp³-hybridized carbons (Fsp3) is 0.276. The Bertz CT molecular complexity index is 1500. The van der Waals surface area contributed by atoms with E-state index in [4.69, 9.17) is 18.9 Å². The monoisotopic (exact) mass is 579 g/mol. The van der Waals surface area contributed by atoms with E-state index in [1.54, 1.807) is 43.3 Å². The van der Waals surface area contributed by atoms with Crippen LogP contribution in [0, 0.1) is 0 Å². The van der Waals surface area contributed by atoms with Crippen LogP contribution in [0.2, 0.25) is 0 Å². The summed E-state index contributed by atoms with van der Waals surface area (Å²) in [7, 11) is 2.87. The average Bonchev–Trinajstić information content (AvgIpc) is 3.35. The Hall–Kier alpha value is -4.71. The van der Waals surface area contributed by atoms with Crippen LogP contribution in [0.4, 0.5) is 5.00 Å². The first-order valence-corrected chi connectivity index (χ1v) is 13.7. The minimum atomic E-state index is -1.02. The molecule has 4 rings (SSSR count). The van der Waals surface area contributed by atoms with E-state index >= 15 is 0 Å². The molecule has 2 amide bonds. The zero-order valence-electron chi connectivity index (χ0n) is 22.8. The van der Waals surface area contributed by atoms with Crippen LogP contribution in [0.15, 0.2) is 47.6 Å². The van der Waals surface area contributed by atoms with Crippen molar-refractivity contribution in [1.29, 1.82) is 0 Å². The Labute approximate surface area is 240 Å². The standard InChI is InChI=1S/C29H29N3O8S/c1-4-39-29(36)24-19-10-6-8-12-23(19)41-27(24)31-25(33)26(34)32-30-16-17-13-14-21(22(15-17)38-3)40-28(35)18-9-5-7-11-20(18)37-2/h5,7,9,11,13-16H,4,6,8,10,12H2,1-3H3,(H,31,33)(H,32,34)/b30-16+. The average molecular weight is 580 g/mol. The lowest BCUT2D eigenvalue weighted by Crippen LogP contribution is -2.32. The van der Waals surface area contributed by atoms with E-state index < -0.39 is 23.8 Å². The molecule has 0 saturated heterocycles. The zero-order chi connectivity index (χ0) is 29.4. The normalized spacial score (nSPS) is 12.3. The number of aryl methyl sites for hydroxylation is 1. The third-order valence-corrected chi connectivity index (χ3v) is 7.39. The summed E-state index contributed by atoms with van der Waals surface area (Å²) >= 11 is 1.28. The van der Waals surface area contributed by atoms with Crippen LogP contribution in [-0.4, -0.2) is 50.8 Å². The first-order valence-electron chi connectivity index (χ1n) is 12.9. The molecule has 0 bridgehead atoms. The molecule has 214 valence electrons. The molecule has 3 aromatic rings. The number of methoxy groups -OCH3 is 2. The molecule has 0 unspecified atom stereocenters. The van der Waals surface area contributed by atoms with E-state index in [9.17, 15) is 19.2 Å². The highest BCUT2D eigenvalue weighted by molar-refractivity contribution is 7.17. The summed E-state index contributed by atoms with van der Waals surface area (Å²) in [5, 5.41) is 6.67. The summed E-state index contributed by atoms with van der Waals surface area (Å²) in [5.41, 5.74) is 4.11. The molecular formula is C29H29N3O8S. The van der Waals surface area contributed by atoms with E-state index in [1.807, 2.05) is 0 Å². The number of thiophene rings is 1. The summed E-state index contributed by atoms with van der Waals surface area (Å²) in [6.45, 7) is 1.90. The van der Waals surface area contributed by atoms with Crippen LogP contribution in [0.25, 0.3) is 0 Å². The molecule has 2 aromatic carbocycles. The van der Waals surface area contributed by atoms with Crippen molar-refractivity contribution < 1.29 is 38.1 Å². The van der Waals surface area contributed by atoms with E-state index in [0.29, 0.717) is 28.3 Å². The minimum absolute atomic E-state index is 0.167. The fourth-order valence-corrected chi connectivity index (χ4v) is 5.54. The van der Waals surface area contributed by atoms with Crippen LogP contribution in [0.3, 0.4) is 0 Å². The van der Waals surface area contributed by atoms with Crippen LogP contribution >= 0.6 is 11.3 Å². The summed E-state index contributed by atoms with van der Waals surface area (Å²) in [4.78, 5) is 51.3. The number of hydrazone groups is 1. The summed E-state index contributed by atoms with van der Waals surface area (Å²) in [6.07, 6.45) is 4.76. The van der Waals surface area contributed by atoms with Gasteiger partial charge in [-0.25, -0.2) is 15.0 Å². The number of ether oxygens (including phenoxy) is 4. The van der Waals surface area contributed by atoms with Crippen LogP contribution in [0.5, 0.6) is 17.2 Å². The van der Waals surface area contributed by atoms with Gasteiger partial charge in [0, 0.05) is 4.88 Å². The maximum Gasteiger partial charge on any atom is 0.347 e. The minimum Gasteiger partial charge on any atom is -0.496 e. The lowest BCUT2D eigenvalue weighted by molar-refractivity contribution is -0.136. The number of carbonyl (C=O) groups excluding carboxylic acids is 4. The molecule has 0 saturated carbocycles. The van der Waals surface area contributed by atoms with Crippen LogP contribution < -0.4 is 25.0 Å². The lowest BCUT2D eigenvalue weighted by atomic mass is 9.95. The third-order valence-electron chi connectivity index (χ3n) is 6.18. The van der Waals surface area contributed by atoms with Crippen molar-refractivity contribution in [1.82, 2.24) is 5.43 Å². The van der Waals surface area contributed by atoms with Crippen molar-refractivity contribution in [3.63, 3.8) is 0 Å². The van der Waals surface area contributed by atoms with Gasteiger partial charge in [-0.2, -0.15) is 5.10 Å². The van der Waals surface area contributed by atoms with Gasteiger partial charge in [0.2, 0.25) is 0 Å². The maximum atomic E-state index is 12.6. The van der Waals surface area contributed by atoms with Crippen LogP contribution in [-0.2, 0) is 27.2 Å². The number of hydrogen-bond donors (Lipinski definition) is 2. The van der Waals surface area contributed by atoms with E-state index in [2.05, 4.69) is 15.8 Å². The van der Waals surface area contributed by atoms with Gasteiger partial charge in [-0.15, -0.1) is 11.3 Å². The van der Waals surface area contributed by atoms with Crippen LogP contribution in [0.1, 0.15) is 56.5 Å². The van der Waals surface area contributed by atoms with E-state index in [1.165, 1.54) is 37.8 Å². The maximum absolute atomic E-state index is 12.6. The lowest BCUT2D eigenvalue weighted by Gasteiger charge is -2.12. The molecule has 2 N–H and O–H groups in total. The highest BCUT2D eigenvalue weighted by atomic mass is 32.1. The van der Waals surface area contributed by atoms with Gasteiger partial charge in [0.25, 0.3) is 0 Å². The first-order chi connectivity index (χ1) is 19.9. The Morgan fingerprint density at radius 2 is 1.68 bits per heavy atom. The number of benzene rings is 2. The number of amides is 2. The first kappa shape index (κ1) is 29.3. The zero-order valence-corrected chi connectivity index (χ0v) is 23.6. The van der Waals surface area contributed by atoms with E-state index in [-0.39, 0.29) is 23.7 Å². The number of para-hydroxylation sites is 1. The Balaban J connectivity index is 1.40. The second-order valence-corrected chi connectivity index (χ2v) is 9.89.